The molecule has 30 heavy (non-hydrogen) atoms. The Hall–Kier alpha value is -3.08. The highest BCUT2D eigenvalue weighted by Gasteiger charge is 2.17. The van der Waals surface area contributed by atoms with E-state index in [-0.39, 0.29) is 29.6 Å². The Balaban J connectivity index is 1.71. The van der Waals surface area contributed by atoms with Crippen LogP contribution in [0.3, 0.4) is 0 Å². The third kappa shape index (κ3) is 5.09. The minimum atomic E-state index is -3.70. The Kier molecular flexibility index (Phi) is 6.60. The number of rotatable bonds is 8. The molecule has 1 amide bonds. The molecule has 2 N–H and O–H groups in total. The van der Waals surface area contributed by atoms with Gasteiger partial charge in [-0.2, -0.15) is 0 Å². The van der Waals surface area contributed by atoms with Crippen molar-refractivity contribution in [3.63, 3.8) is 0 Å². The van der Waals surface area contributed by atoms with Crippen molar-refractivity contribution in [3.8, 4) is 0 Å². The third-order valence-corrected chi connectivity index (χ3v) is 5.88. The number of nitrogens with zero attached hydrogens (tertiary/aromatic N) is 2. The fourth-order valence-electron chi connectivity index (χ4n) is 2.96. The van der Waals surface area contributed by atoms with Gasteiger partial charge in [-0.25, -0.2) is 18.1 Å². The number of aromatic nitrogens is 2. The summed E-state index contributed by atoms with van der Waals surface area (Å²) in [5.74, 6) is -0.420. The van der Waals surface area contributed by atoms with E-state index in [1.165, 1.54) is 42.1 Å². The molecule has 0 saturated heterocycles. The van der Waals surface area contributed by atoms with E-state index >= 15 is 0 Å². The fourth-order valence-corrected chi connectivity index (χ4v) is 4.18. The normalized spacial score (nSPS) is 12.6. The van der Waals surface area contributed by atoms with Crippen LogP contribution in [-0.2, 0) is 26.1 Å². The number of carbonyl (C=O) groups excluding carboxylic acids is 1. The van der Waals surface area contributed by atoms with E-state index in [2.05, 4.69) is 15.0 Å². The molecule has 1 heterocycles. The largest absolute Gasteiger partial charge is 0.383 e. The van der Waals surface area contributed by atoms with Gasteiger partial charge >= 0.3 is 0 Å². The van der Waals surface area contributed by atoms with Crippen LogP contribution in [0.4, 0.5) is 5.69 Å². The molecular formula is C20H22N4O5S. The van der Waals surface area contributed by atoms with E-state index in [9.17, 15) is 18.0 Å². The summed E-state index contributed by atoms with van der Waals surface area (Å²) in [7, 11) is -2.21. The second kappa shape index (κ2) is 9.16. The van der Waals surface area contributed by atoms with E-state index in [1.54, 1.807) is 31.2 Å². The van der Waals surface area contributed by atoms with Crippen LogP contribution in [0.15, 0.2) is 64.4 Å². The highest BCUT2D eigenvalue weighted by Crippen LogP contribution is 2.15. The number of sulfonamides is 1. The molecule has 0 saturated carbocycles. The van der Waals surface area contributed by atoms with Crippen LogP contribution in [0, 0.1) is 0 Å². The summed E-state index contributed by atoms with van der Waals surface area (Å²) < 4.78 is 33.5. The van der Waals surface area contributed by atoms with E-state index in [0.717, 1.165) is 0 Å². The number of methoxy groups -OCH3 is 1. The summed E-state index contributed by atoms with van der Waals surface area (Å²) in [6.07, 6.45) is 1.17. The molecule has 1 atom stereocenters. The average molecular weight is 430 g/mol. The molecule has 3 aromatic rings. The highest BCUT2D eigenvalue weighted by atomic mass is 32.2. The Bertz CT molecular complexity index is 1210. The zero-order valence-electron chi connectivity index (χ0n) is 16.5. The van der Waals surface area contributed by atoms with Gasteiger partial charge in [0.1, 0.15) is 6.54 Å². The molecule has 0 spiro atoms. The number of carbonyl (C=O) groups is 1. The molecule has 0 radical (unpaired) electrons. The van der Waals surface area contributed by atoms with Crippen molar-refractivity contribution in [3.05, 3.63) is 65.1 Å². The topological polar surface area (TPSA) is 119 Å². The predicted octanol–water partition coefficient (Wildman–Crippen LogP) is 1.35. The van der Waals surface area contributed by atoms with Crippen LogP contribution in [0.25, 0.3) is 11.0 Å². The lowest BCUT2D eigenvalue weighted by Crippen LogP contribution is -2.35. The van der Waals surface area contributed by atoms with Crippen molar-refractivity contribution in [1.82, 2.24) is 14.3 Å². The van der Waals surface area contributed by atoms with E-state index < -0.39 is 15.9 Å². The molecule has 1 unspecified atom stereocenters. The number of hydrogen-bond donors (Lipinski definition) is 2. The van der Waals surface area contributed by atoms with Crippen molar-refractivity contribution >= 4 is 32.7 Å². The van der Waals surface area contributed by atoms with Gasteiger partial charge in [0, 0.05) is 18.8 Å². The number of benzene rings is 2. The second-order valence-electron chi connectivity index (χ2n) is 6.72. The Morgan fingerprint density at radius 1 is 1.17 bits per heavy atom. The van der Waals surface area contributed by atoms with Gasteiger partial charge in [0.15, 0.2) is 0 Å². The van der Waals surface area contributed by atoms with Crippen LogP contribution < -0.4 is 15.6 Å². The van der Waals surface area contributed by atoms with Gasteiger partial charge in [-0.3, -0.25) is 14.2 Å². The molecule has 0 aliphatic rings. The first-order valence-electron chi connectivity index (χ1n) is 9.16. The van der Waals surface area contributed by atoms with Crippen LogP contribution in [0.5, 0.6) is 0 Å². The molecule has 158 valence electrons. The first-order valence-corrected chi connectivity index (χ1v) is 10.6. The summed E-state index contributed by atoms with van der Waals surface area (Å²) in [4.78, 5) is 28.7. The van der Waals surface area contributed by atoms with Gasteiger partial charge in [0.05, 0.1) is 28.7 Å². The number of para-hydroxylation sites is 2. The molecule has 0 aliphatic carbocycles. The van der Waals surface area contributed by atoms with Crippen LogP contribution in [-0.4, -0.2) is 43.6 Å². The second-order valence-corrected chi connectivity index (χ2v) is 8.44. The SMILES string of the molecule is COCC(C)NS(=O)(=O)c1ccc(NC(=O)Cn2c(=O)cnc3ccccc32)cc1. The first kappa shape index (κ1) is 21.6. The van der Waals surface area contributed by atoms with Crippen LogP contribution in [0.1, 0.15) is 6.92 Å². The molecule has 9 nitrogen and oxygen atoms in total. The predicted molar refractivity (Wildman–Crippen MR) is 113 cm³/mol. The lowest BCUT2D eigenvalue weighted by atomic mass is 10.3. The maximum absolute atomic E-state index is 12.4. The number of nitrogens with one attached hydrogen (secondary N) is 2. The maximum Gasteiger partial charge on any atom is 0.269 e. The molecule has 10 heteroatoms. The van der Waals surface area contributed by atoms with Crippen molar-refractivity contribution in [2.75, 3.05) is 19.0 Å². The van der Waals surface area contributed by atoms with Gasteiger partial charge in [0.25, 0.3) is 5.56 Å². The van der Waals surface area contributed by atoms with Crippen LogP contribution in [0.2, 0.25) is 0 Å². The molecule has 0 aliphatic heterocycles. The smallest absolute Gasteiger partial charge is 0.269 e. The monoisotopic (exact) mass is 430 g/mol. The number of ether oxygens (including phenoxy) is 1. The van der Waals surface area contributed by atoms with Crippen molar-refractivity contribution < 1.29 is 17.9 Å². The molecular weight excluding hydrogens is 408 g/mol. The van der Waals surface area contributed by atoms with Crippen molar-refractivity contribution in [2.45, 2.75) is 24.4 Å². The van der Waals surface area contributed by atoms with E-state index in [0.29, 0.717) is 16.7 Å². The van der Waals surface area contributed by atoms with Gasteiger partial charge in [-0.1, -0.05) is 12.1 Å². The Labute approximate surface area is 173 Å². The first-order chi connectivity index (χ1) is 14.3. The number of hydrogen-bond acceptors (Lipinski definition) is 6. The van der Waals surface area contributed by atoms with E-state index in [4.69, 9.17) is 4.74 Å². The number of amides is 1. The van der Waals surface area contributed by atoms with Gasteiger partial charge in [0.2, 0.25) is 15.9 Å². The van der Waals surface area contributed by atoms with Gasteiger partial charge in [-0.15, -0.1) is 0 Å². The summed E-state index contributed by atoms with van der Waals surface area (Å²) in [5, 5.41) is 2.67. The zero-order chi connectivity index (χ0) is 21.7. The van der Waals surface area contributed by atoms with E-state index in [1.807, 2.05) is 0 Å². The third-order valence-electron chi connectivity index (χ3n) is 4.28. The Morgan fingerprint density at radius 3 is 2.57 bits per heavy atom. The summed E-state index contributed by atoms with van der Waals surface area (Å²) >= 11 is 0. The number of fused-ring (bicyclic) bond motifs is 1. The fraction of sp³-hybridized carbons (Fsp3) is 0.250. The minimum absolute atomic E-state index is 0.0693. The molecule has 0 fully saturated rings. The lowest BCUT2D eigenvalue weighted by Gasteiger charge is -2.14. The Morgan fingerprint density at radius 2 is 1.87 bits per heavy atom. The average Bonchev–Trinajstić information content (AvgIpc) is 2.70. The summed E-state index contributed by atoms with van der Waals surface area (Å²) in [5.41, 5.74) is 1.18. The van der Waals surface area contributed by atoms with Gasteiger partial charge < -0.3 is 10.1 Å². The van der Waals surface area contributed by atoms with Crippen molar-refractivity contribution in [1.29, 1.82) is 0 Å². The molecule has 0 bridgehead atoms. The summed E-state index contributed by atoms with van der Waals surface area (Å²) in [6, 6.07) is 12.4. The lowest BCUT2D eigenvalue weighted by molar-refractivity contribution is -0.116. The quantitative estimate of drug-likeness (QED) is 0.557. The minimum Gasteiger partial charge on any atom is -0.383 e. The highest BCUT2D eigenvalue weighted by molar-refractivity contribution is 7.89. The number of anilines is 1. The standard InChI is InChI=1S/C20H22N4O5S/c1-14(13-29-2)23-30(27,28)16-9-7-15(8-10-16)22-19(25)12-24-18-6-4-3-5-17(18)21-11-20(24)26/h3-11,14,23H,12-13H2,1-2H3,(H,22,25). The molecule has 2 aromatic carbocycles. The summed E-state index contributed by atoms with van der Waals surface area (Å²) in [6.45, 7) is 1.74. The van der Waals surface area contributed by atoms with Crippen LogP contribution >= 0.6 is 0 Å². The molecule has 1 aromatic heterocycles. The molecule has 3 rings (SSSR count). The van der Waals surface area contributed by atoms with Gasteiger partial charge in [-0.05, 0) is 43.3 Å². The van der Waals surface area contributed by atoms with Crippen molar-refractivity contribution in [2.24, 2.45) is 0 Å². The maximum atomic E-state index is 12.4. The zero-order valence-corrected chi connectivity index (χ0v) is 17.3.